The monoisotopic (exact) mass is 285 g/mol. The molecule has 0 aliphatic heterocycles. The van der Waals surface area contributed by atoms with Crippen molar-refractivity contribution in [3.05, 3.63) is 40.6 Å². The summed E-state index contributed by atoms with van der Waals surface area (Å²) in [4.78, 5) is 0. The van der Waals surface area contributed by atoms with Crippen LogP contribution in [0.15, 0.2) is 18.2 Å². The summed E-state index contributed by atoms with van der Waals surface area (Å²) in [6.07, 6.45) is 5.72. The molecule has 3 rings (SSSR count). The molecule has 0 fully saturated rings. The predicted octanol–water partition coefficient (Wildman–Crippen LogP) is 2.90. The van der Waals surface area contributed by atoms with Gasteiger partial charge in [-0.05, 0) is 68.8 Å². The molecule has 0 amide bonds. The smallest absolute Gasteiger partial charge is 0.221 e. The molecule has 1 aromatic heterocycles. The molecule has 1 heterocycles. The van der Waals surface area contributed by atoms with Crippen molar-refractivity contribution in [1.29, 1.82) is 0 Å². The van der Waals surface area contributed by atoms with Crippen molar-refractivity contribution in [2.45, 2.75) is 39.0 Å². The van der Waals surface area contributed by atoms with Gasteiger partial charge in [0.15, 0.2) is 0 Å². The molecule has 0 unspecified atom stereocenters. The van der Waals surface area contributed by atoms with Crippen LogP contribution in [0.3, 0.4) is 0 Å². The Morgan fingerprint density at radius 2 is 2.00 bits per heavy atom. The lowest BCUT2D eigenvalue weighted by Crippen LogP contribution is -2.06. The second kappa shape index (κ2) is 5.90. The van der Waals surface area contributed by atoms with Crippen molar-refractivity contribution in [2.24, 2.45) is 12.8 Å². The fourth-order valence-corrected chi connectivity index (χ4v) is 3.13. The fraction of sp³-hybridized carbons (Fsp3) is 0.471. The Kier molecular flexibility index (Phi) is 3.97. The van der Waals surface area contributed by atoms with Gasteiger partial charge in [-0.3, -0.25) is 0 Å². The lowest BCUT2D eigenvalue weighted by Gasteiger charge is -2.17. The quantitative estimate of drug-likeness (QED) is 0.939. The minimum atomic E-state index is 0.604. The molecular weight excluding hydrogens is 262 g/mol. The maximum atomic E-state index is 6.12. The van der Waals surface area contributed by atoms with E-state index in [2.05, 4.69) is 23.3 Å². The first-order valence-corrected chi connectivity index (χ1v) is 7.71. The van der Waals surface area contributed by atoms with Gasteiger partial charge in [-0.1, -0.05) is 6.07 Å². The third kappa shape index (κ3) is 2.81. The first-order chi connectivity index (χ1) is 10.2. The Bertz CT molecular complexity index is 646. The van der Waals surface area contributed by atoms with Gasteiger partial charge in [-0.15, -0.1) is 0 Å². The molecule has 112 valence electrons. The lowest BCUT2D eigenvalue weighted by atomic mass is 9.92. The molecule has 4 nitrogen and oxygen atoms in total. The Balaban J connectivity index is 1.90. The average Bonchev–Trinajstić information content (AvgIpc) is 2.75. The predicted molar refractivity (Wildman–Crippen MR) is 83.9 cm³/mol. The van der Waals surface area contributed by atoms with Crippen LogP contribution in [0.25, 0.3) is 0 Å². The third-order valence-corrected chi connectivity index (χ3v) is 4.22. The minimum Gasteiger partial charge on any atom is -0.439 e. The number of hydrogen-bond acceptors (Lipinski definition) is 3. The number of benzene rings is 1. The number of rotatable bonds is 4. The van der Waals surface area contributed by atoms with Crippen molar-refractivity contribution in [2.75, 3.05) is 6.54 Å². The van der Waals surface area contributed by atoms with Crippen LogP contribution >= 0.6 is 0 Å². The van der Waals surface area contributed by atoms with Gasteiger partial charge in [0.25, 0.3) is 0 Å². The first kappa shape index (κ1) is 14.1. The normalized spacial score (nSPS) is 14.0. The number of hydrogen-bond donors (Lipinski definition) is 1. The van der Waals surface area contributed by atoms with E-state index in [0.717, 1.165) is 35.7 Å². The second-order valence-corrected chi connectivity index (χ2v) is 5.77. The highest BCUT2D eigenvalue weighted by Gasteiger charge is 2.16. The highest BCUT2D eigenvalue weighted by Crippen LogP contribution is 2.31. The molecule has 1 aromatic carbocycles. The van der Waals surface area contributed by atoms with Crippen LogP contribution in [0, 0.1) is 6.92 Å². The molecule has 0 atom stereocenters. The maximum Gasteiger partial charge on any atom is 0.221 e. The molecule has 0 radical (unpaired) electrons. The number of fused-ring (bicyclic) bond motifs is 1. The van der Waals surface area contributed by atoms with E-state index in [1.54, 1.807) is 4.68 Å². The lowest BCUT2D eigenvalue weighted by molar-refractivity contribution is 0.425. The van der Waals surface area contributed by atoms with E-state index in [9.17, 15) is 0 Å². The maximum absolute atomic E-state index is 6.12. The fourth-order valence-electron chi connectivity index (χ4n) is 3.13. The summed E-state index contributed by atoms with van der Waals surface area (Å²) in [5, 5.41) is 4.45. The summed E-state index contributed by atoms with van der Waals surface area (Å²) in [5.41, 5.74) is 10.7. The van der Waals surface area contributed by atoms with Crippen molar-refractivity contribution < 1.29 is 4.74 Å². The number of nitrogens with two attached hydrogens (primary N) is 1. The molecule has 0 bridgehead atoms. The number of ether oxygens (including phenoxy) is 1. The molecule has 4 heteroatoms. The highest BCUT2D eigenvalue weighted by molar-refractivity contribution is 5.41. The van der Waals surface area contributed by atoms with Gasteiger partial charge in [-0.2, -0.15) is 5.10 Å². The van der Waals surface area contributed by atoms with E-state index < -0.39 is 0 Å². The van der Waals surface area contributed by atoms with Gasteiger partial charge < -0.3 is 10.5 Å². The zero-order valence-corrected chi connectivity index (χ0v) is 12.9. The van der Waals surface area contributed by atoms with Gasteiger partial charge in [0.2, 0.25) is 5.88 Å². The van der Waals surface area contributed by atoms with E-state index in [4.69, 9.17) is 10.5 Å². The standard InChI is InChI=1S/C17H23N3O/c1-12-16(9-10-18)17(20(2)19-12)21-15-8-7-13-5-3-4-6-14(13)11-15/h7-8,11H,3-6,9-10,18H2,1-2H3. The van der Waals surface area contributed by atoms with Crippen LogP contribution in [0.1, 0.15) is 35.2 Å². The zero-order chi connectivity index (χ0) is 14.8. The van der Waals surface area contributed by atoms with Crippen molar-refractivity contribution in [3.63, 3.8) is 0 Å². The summed E-state index contributed by atoms with van der Waals surface area (Å²) >= 11 is 0. The zero-order valence-electron chi connectivity index (χ0n) is 12.9. The van der Waals surface area contributed by atoms with E-state index >= 15 is 0 Å². The van der Waals surface area contributed by atoms with Crippen LogP contribution in [0.4, 0.5) is 0 Å². The van der Waals surface area contributed by atoms with E-state index in [0.29, 0.717) is 6.54 Å². The Labute approximate surface area is 125 Å². The van der Waals surface area contributed by atoms with Gasteiger partial charge in [0, 0.05) is 12.6 Å². The van der Waals surface area contributed by atoms with Gasteiger partial charge in [0.05, 0.1) is 5.69 Å². The number of nitrogens with zero attached hydrogens (tertiary/aromatic N) is 2. The highest BCUT2D eigenvalue weighted by atomic mass is 16.5. The topological polar surface area (TPSA) is 53.1 Å². The molecule has 0 saturated heterocycles. The molecule has 1 aliphatic rings. The number of aryl methyl sites for hydroxylation is 4. The molecule has 2 aromatic rings. The summed E-state index contributed by atoms with van der Waals surface area (Å²) in [6, 6.07) is 6.46. The van der Waals surface area contributed by atoms with Crippen molar-refractivity contribution in [3.8, 4) is 11.6 Å². The Morgan fingerprint density at radius 1 is 1.24 bits per heavy atom. The van der Waals surface area contributed by atoms with Gasteiger partial charge in [0.1, 0.15) is 5.75 Å². The van der Waals surface area contributed by atoms with Crippen molar-refractivity contribution >= 4 is 0 Å². The van der Waals surface area contributed by atoms with E-state index in [1.165, 1.54) is 30.4 Å². The Morgan fingerprint density at radius 3 is 2.76 bits per heavy atom. The number of aromatic nitrogens is 2. The summed E-state index contributed by atoms with van der Waals surface area (Å²) in [5.74, 6) is 1.71. The van der Waals surface area contributed by atoms with Crippen LogP contribution in [0.2, 0.25) is 0 Å². The molecule has 21 heavy (non-hydrogen) atoms. The minimum absolute atomic E-state index is 0.604. The summed E-state index contributed by atoms with van der Waals surface area (Å²) in [6.45, 7) is 2.61. The van der Waals surface area contributed by atoms with E-state index in [1.807, 2.05) is 14.0 Å². The summed E-state index contributed by atoms with van der Waals surface area (Å²) in [7, 11) is 1.92. The van der Waals surface area contributed by atoms with Crippen molar-refractivity contribution in [1.82, 2.24) is 9.78 Å². The van der Waals surface area contributed by atoms with Gasteiger partial charge in [-0.25, -0.2) is 4.68 Å². The van der Waals surface area contributed by atoms with E-state index in [-0.39, 0.29) is 0 Å². The Hall–Kier alpha value is -1.81. The van der Waals surface area contributed by atoms with Gasteiger partial charge >= 0.3 is 0 Å². The summed E-state index contributed by atoms with van der Waals surface area (Å²) < 4.78 is 7.93. The average molecular weight is 285 g/mol. The third-order valence-electron chi connectivity index (χ3n) is 4.22. The molecule has 1 aliphatic carbocycles. The first-order valence-electron chi connectivity index (χ1n) is 7.71. The van der Waals surface area contributed by atoms with Crippen LogP contribution in [-0.4, -0.2) is 16.3 Å². The van der Waals surface area contributed by atoms with Crippen LogP contribution in [0.5, 0.6) is 11.6 Å². The molecule has 0 saturated carbocycles. The second-order valence-electron chi connectivity index (χ2n) is 5.77. The molecular formula is C17H23N3O. The van der Waals surface area contributed by atoms with Crippen LogP contribution < -0.4 is 10.5 Å². The SMILES string of the molecule is Cc1nn(C)c(Oc2ccc3c(c2)CCCC3)c1CCN. The molecule has 2 N–H and O–H groups in total. The molecule has 0 spiro atoms. The van der Waals surface area contributed by atoms with Crippen LogP contribution in [-0.2, 0) is 26.3 Å². The largest absolute Gasteiger partial charge is 0.439 e.